The summed E-state index contributed by atoms with van der Waals surface area (Å²) in [5.74, 6) is -1.32. The number of ketones is 1. The molecule has 39 heavy (non-hydrogen) atoms. The third-order valence-electron chi connectivity index (χ3n) is 9.66. The minimum Gasteiger partial charge on any atom is -0.325 e. The first-order valence-corrected chi connectivity index (χ1v) is 13.6. The van der Waals surface area contributed by atoms with Crippen molar-refractivity contribution in [3.63, 3.8) is 0 Å². The Labute approximate surface area is 226 Å². The summed E-state index contributed by atoms with van der Waals surface area (Å²) in [4.78, 5) is 46.1. The largest absolute Gasteiger partial charge is 0.325 e. The second-order valence-electron chi connectivity index (χ2n) is 11.3. The van der Waals surface area contributed by atoms with Gasteiger partial charge >= 0.3 is 0 Å². The van der Waals surface area contributed by atoms with Gasteiger partial charge in [-0.15, -0.1) is 0 Å². The Kier molecular flexibility index (Phi) is 4.44. The summed E-state index contributed by atoms with van der Waals surface area (Å²) in [5.41, 5.74) is 1.72. The van der Waals surface area contributed by atoms with Gasteiger partial charge in [0.25, 0.3) is 5.91 Å². The Morgan fingerprint density at radius 2 is 1.62 bits per heavy atom. The molecule has 4 aromatic rings. The molecular weight excluding hydrogens is 486 g/mol. The number of para-hydroxylation sites is 2. The highest BCUT2D eigenvalue weighted by Crippen LogP contribution is 2.68. The molecular formula is C33H27N3O3. The van der Waals surface area contributed by atoms with Crippen molar-refractivity contribution in [3.05, 3.63) is 107 Å². The van der Waals surface area contributed by atoms with Crippen molar-refractivity contribution in [2.45, 2.75) is 36.8 Å². The fourth-order valence-electron chi connectivity index (χ4n) is 8.27. The third-order valence-corrected chi connectivity index (χ3v) is 9.66. The van der Waals surface area contributed by atoms with Crippen LogP contribution >= 0.6 is 0 Å². The van der Waals surface area contributed by atoms with Gasteiger partial charge in [0, 0.05) is 28.5 Å². The standard InChI is InChI=1S/C33H27N3O3/c1-19-8-6-12-24-28(19)35-31(39)33(24)32(23-11-4-5-13-25(23)34-30(32)38)27(26-14-7-17-36(26)33)29(37)22-16-15-20-9-2-3-10-21(20)18-22/h2-6,8-13,15-16,18,26-27H,7,14,17H2,1H3,(H,34,38)(H,35,39)/t26-,27-,32+,33-/m1/s1. The molecule has 8 rings (SSSR count). The number of hydrogen-bond donors (Lipinski definition) is 2. The molecule has 4 aliphatic heterocycles. The van der Waals surface area contributed by atoms with E-state index in [1.165, 1.54) is 0 Å². The molecule has 4 aromatic carbocycles. The molecule has 2 amide bonds. The van der Waals surface area contributed by atoms with Crippen LogP contribution in [0.25, 0.3) is 10.8 Å². The summed E-state index contributed by atoms with van der Waals surface area (Å²) in [7, 11) is 0. The summed E-state index contributed by atoms with van der Waals surface area (Å²) in [6.45, 7) is 2.62. The van der Waals surface area contributed by atoms with Crippen LogP contribution in [0.5, 0.6) is 0 Å². The zero-order valence-electron chi connectivity index (χ0n) is 21.5. The van der Waals surface area contributed by atoms with Crippen LogP contribution < -0.4 is 10.6 Å². The van der Waals surface area contributed by atoms with Crippen LogP contribution in [0.15, 0.2) is 84.9 Å². The lowest BCUT2D eigenvalue weighted by molar-refractivity contribution is -0.137. The van der Waals surface area contributed by atoms with Crippen LogP contribution in [0, 0.1) is 12.8 Å². The van der Waals surface area contributed by atoms with E-state index in [1.54, 1.807) is 0 Å². The van der Waals surface area contributed by atoms with Crippen molar-refractivity contribution in [1.82, 2.24) is 4.90 Å². The zero-order valence-corrected chi connectivity index (χ0v) is 21.5. The summed E-state index contributed by atoms with van der Waals surface area (Å²) in [6.07, 6.45) is 1.61. The van der Waals surface area contributed by atoms with E-state index in [0.29, 0.717) is 17.8 Å². The van der Waals surface area contributed by atoms with Crippen LogP contribution in [0.2, 0.25) is 0 Å². The molecule has 4 heterocycles. The highest BCUT2D eigenvalue weighted by atomic mass is 16.2. The van der Waals surface area contributed by atoms with E-state index in [1.807, 2.05) is 91.9 Å². The minimum absolute atomic E-state index is 0.0877. The Balaban J connectivity index is 1.46. The Hall–Kier alpha value is -4.29. The van der Waals surface area contributed by atoms with Gasteiger partial charge in [0.2, 0.25) is 5.91 Å². The smallest absolute Gasteiger partial charge is 0.251 e. The van der Waals surface area contributed by atoms with E-state index in [9.17, 15) is 14.4 Å². The van der Waals surface area contributed by atoms with Crippen molar-refractivity contribution in [2.24, 2.45) is 5.92 Å². The van der Waals surface area contributed by atoms with E-state index in [-0.39, 0.29) is 23.6 Å². The van der Waals surface area contributed by atoms with E-state index in [4.69, 9.17) is 0 Å². The fraction of sp³-hybridized carbons (Fsp3) is 0.242. The van der Waals surface area contributed by atoms with Crippen LogP contribution in [0.4, 0.5) is 11.4 Å². The maximum atomic E-state index is 14.8. The highest BCUT2D eigenvalue weighted by molar-refractivity contribution is 6.21. The molecule has 2 fully saturated rings. The van der Waals surface area contributed by atoms with Gasteiger partial charge in [-0.1, -0.05) is 72.8 Å². The Morgan fingerprint density at radius 1 is 0.846 bits per heavy atom. The number of fused-ring (bicyclic) bond motifs is 8. The van der Waals surface area contributed by atoms with Gasteiger partial charge in [-0.3, -0.25) is 19.3 Å². The highest BCUT2D eigenvalue weighted by Gasteiger charge is 2.81. The first-order valence-electron chi connectivity index (χ1n) is 13.6. The molecule has 192 valence electrons. The lowest BCUT2D eigenvalue weighted by atomic mass is 9.57. The normalized spacial score (nSPS) is 28.5. The minimum atomic E-state index is -1.42. The molecule has 0 aromatic heterocycles. The van der Waals surface area contributed by atoms with Crippen molar-refractivity contribution < 1.29 is 14.4 Å². The van der Waals surface area contributed by atoms with E-state index in [2.05, 4.69) is 15.5 Å². The average molecular weight is 514 g/mol. The molecule has 4 aliphatic rings. The zero-order chi connectivity index (χ0) is 26.5. The molecule has 0 bridgehead atoms. The predicted octanol–water partition coefficient (Wildman–Crippen LogP) is 5.16. The number of nitrogens with one attached hydrogen (secondary N) is 2. The van der Waals surface area contributed by atoms with E-state index >= 15 is 0 Å². The number of nitrogens with zero attached hydrogens (tertiary/aromatic N) is 1. The van der Waals surface area contributed by atoms with Crippen LogP contribution in [0.1, 0.15) is 39.9 Å². The Bertz CT molecular complexity index is 1760. The van der Waals surface area contributed by atoms with E-state index < -0.39 is 16.9 Å². The van der Waals surface area contributed by atoms with Crippen LogP contribution in [0.3, 0.4) is 0 Å². The van der Waals surface area contributed by atoms with Gasteiger partial charge in [-0.05, 0) is 60.3 Å². The number of carbonyl (C=O) groups is 3. The van der Waals surface area contributed by atoms with Crippen LogP contribution in [-0.4, -0.2) is 35.1 Å². The summed E-state index contributed by atoms with van der Waals surface area (Å²) in [6, 6.07) is 27.0. The molecule has 0 aliphatic carbocycles. The second-order valence-corrected chi connectivity index (χ2v) is 11.3. The van der Waals surface area contributed by atoms with Gasteiger partial charge < -0.3 is 10.6 Å². The van der Waals surface area contributed by atoms with Crippen LogP contribution in [-0.2, 0) is 20.5 Å². The summed E-state index contributed by atoms with van der Waals surface area (Å²) in [5, 5.41) is 8.30. The van der Waals surface area contributed by atoms with E-state index in [0.717, 1.165) is 46.0 Å². The molecule has 4 atom stereocenters. The second kappa shape index (κ2) is 7.64. The number of hydrogen-bond acceptors (Lipinski definition) is 4. The number of benzene rings is 4. The van der Waals surface area contributed by atoms with Gasteiger partial charge in [-0.2, -0.15) is 0 Å². The van der Waals surface area contributed by atoms with Gasteiger partial charge in [0.05, 0.1) is 5.92 Å². The average Bonchev–Trinajstić information content (AvgIpc) is 3.67. The molecule has 0 saturated carbocycles. The maximum absolute atomic E-state index is 14.8. The summed E-state index contributed by atoms with van der Waals surface area (Å²) >= 11 is 0. The topological polar surface area (TPSA) is 78.5 Å². The molecule has 0 unspecified atom stereocenters. The fourth-order valence-corrected chi connectivity index (χ4v) is 8.27. The van der Waals surface area contributed by atoms with Crippen molar-refractivity contribution in [1.29, 1.82) is 0 Å². The number of Topliss-reactive ketones (excluding diaryl/α,β-unsaturated/α-hetero) is 1. The molecule has 2 spiro atoms. The lowest BCUT2D eigenvalue weighted by Crippen LogP contribution is -2.62. The molecule has 2 saturated heterocycles. The number of rotatable bonds is 2. The number of aryl methyl sites for hydroxylation is 1. The van der Waals surface area contributed by atoms with Gasteiger partial charge in [0.1, 0.15) is 11.0 Å². The predicted molar refractivity (Wildman–Crippen MR) is 150 cm³/mol. The summed E-state index contributed by atoms with van der Waals surface area (Å²) < 4.78 is 0. The first kappa shape index (κ1) is 22.7. The van der Waals surface area contributed by atoms with Gasteiger partial charge in [0.15, 0.2) is 5.78 Å². The van der Waals surface area contributed by atoms with Crippen molar-refractivity contribution in [3.8, 4) is 0 Å². The maximum Gasteiger partial charge on any atom is 0.251 e. The lowest BCUT2D eigenvalue weighted by Gasteiger charge is -2.43. The quantitative estimate of drug-likeness (QED) is 0.363. The number of carbonyl (C=O) groups excluding carboxylic acids is 3. The Morgan fingerprint density at radius 3 is 2.49 bits per heavy atom. The molecule has 6 nitrogen and oxygen atoms in total. The van der Waals surface area contributed by atoms with Gasteiger partial charge in [-0.25, -0.2) is 0 Å². The van der Waals surface area contributed by atoms with Crippen molar-refractivity contribution in [2.75, 3.05) is 17.2 Å². The van der Waals surface area contributed by atoms with Crippen molar-refractivity contribution >= 4 is 39.7 Å². The monoisotopic (exact) mass is 513 g/mol. The SMILES string of the molecule is Cc1cccc2c1NC(=O)[C@]21N2CCC[C@@H]2[C@H](C(=O)c2ccc3ccccc3c2)[C@@]12C(=O)Nc1ccccc12. The molecule has 2 N–H and O–H groups in total. The molecule has 0 radical (unpaired) electrons. The number of anilines is 2. The number of amides is 2. The third kappa shape index (κ3) is 2.53. The molecule has 6 heteroatoms. The first-order chi connectivity index (χ1) is 19.0.